The Balaban J connectivity index is 4.12. The molecule has 0 aromatic heterocycles. The zero-order chi connectivity index (χ0) is 7.98. The summed E-state index contributed by atoms with van der Waals surface area (Å²) >= 11 is 0. The van der Waals surface area contributed by atoms with Crippen molar-refractivity contribution in [1.29, 1.82) is 0 Å². The molecule has 0 bridgehead atoms. The highest BCUT2D eigenvalue weighted by atomic mass is 16.1. The second kappa shape index (κ2) is 4.79. The fraction of sp³-hybridized carbons (Fsp3) is 0.375. The van der Waals surface area contributed by atoms with Crippen LogP contribution < -0.4 is 5.32 Å². The number of allylic oxidation sites excluding steroid dienone is 4. The molecule has 10 heavy (non-hydrogen) atoms. The van der Waals surface area contributed by atoms with Crippen LogP contribution in [-0.4, -0.2) is 13.3 Å². The van der Waals surface area contributed by atoms with Gasteiger partial charge in [0.25, 0.3) is 0 Å². The number of carbonyl (C=O) groups excluding carboxylic acids is 1. The third-order valence-electron chi connectivity index (χ3n) is 1.01. The van der Waals surface area contributed by atoms with Crippen molar-refractivity contribution in [3.05, 3.63) is 23.4 Å². The van der Waals surface area contributed by atoms with Crippen molar-refractivity contribution in [2.45, 2.75) is 13.8 Å². The predicted molar refractivity (Wildman–Crippen MR) is 42.6 cm³/mol. The molecule has 0 unspecified atom stereocenters. The highest BCUT2D eigenvalue weighted by Crippen LogP contribution is 1.91. The van der Waals surface area contributed by atoms with Gasteiger partial charge in [-0.2, -0.15) is 0 Å². The molecule has 0 aromatic carbocycles. The minimum absolute atomic E-state index is 0.598. The summed E-state index contributed by atoms with van der Waals surface area (Å²) in [5.74, 6) is 0. The Bertz CT molecular complexity index is 164. The second-order valence-electron chi connectivity index (χ2n) is 2.23. The maximum atomic E-state index is 10.2. The Morgan fingerprint density at radius 1 is 1.30 bits per heavy atom. The molecule has 1 N–H and O–H groups in total. The molecule has 0 spiro atoms. The normalized spacial score (nSPS) is 10.5. The first-order chi connectivity index (χ1) is 4.70. The summed E-state index contributed by atoms with van der Waals surface area (Å²) in [5, 5.41) is 2.76. The van der Waals surface area contributed by atoms with Crippen molar-refractivity contribution in [3.63, 3.8) is 0 Å². The number of hydrogen-bond acceptors (Lipinski definition) is 2. The Hall–Kier alpha value is -1.05. The lowest BCUT2D eigenvalue weighted by molar-refractivity contribution is -0.105. The number of aldehydes is 1. The van der Waals surface area contributed by atoms with Gasteiger partial charge in [0.15, 0.2) is 6.29 Å². The summed E-state index contributed by atoms with van der Waals surface area (Å²) in [6.07, 6.45) is 4.43. The van der Waals surface area contributed by atoms with E-state index in [0.717, 1.165) is 6.29 Å². The van der Waals surface area contributed by atoms with Gasteiger partial charge in [0, 0.05) is 7.05 Å². The summed E-state index contributed by atoms with van der Waals surface area (Å²) < 4.78 is 0. The third-order valence-corrected chi connectivity index (χ3v) is 1.01. The van der Waals surface area contributed by atoms with E-state index in [0.29, 0.717) is 5.70 Å². The molecule has 0 amide bonds. The standard InChI is InChI=1S/C8H13NO/c1-7(2)4-5-8(6-10)9-3/h4-6,9H,1-3H3/b8-5-. The number of rotatable bonds is 3. The zero-order valence-electron chi connectivity index (χ0n) is 6.64. The Morgan fingerprint density at radius 2 is 1.90 bits per heavy atom. The molecule has 0 aliphatic rings. The van der Waals surface area contributed by atoms with Crippen LogP contribution in [0.2, 0.25) is 0 Å². The van der Waals surface area contributed by atoms with Gasteiger partial charge < -0.3 is 5.32 Å². The Labute approximate surface area is 61.6 Å². The Morgan fingerprint density at radius 3 is 2.20 bits per heavy atom. The van der Waals surface area contributed by atoms with Gasteiger partial charge in [-0.1, -0.05) is 11.6 Å². The molecule has 0 aromatic rings. The maximum absolute atomic E-state index is 10.2. The van der Waals surface area contributed by atoms with Crippen LogP contribution in [0.15, 0.2) is 23.4 Å². The van der Waals surface area contributed by atoms with Crippen LogP contribution in [0.1, 0.15) is 13.8 Å². The smallest absolute Gasteiger partial charge is 0.165 e. The van der Waals surface area contributed by atoms with Gasteiger partial charge in [0.2, 0.25) is 0 Å². The molecular formula is C8H13NO. The molecule has 0 saturated heterocycles. The van der Waals surface area contributed by atoms with E-state index in [-0.39, 0.29) is 0 Å². The summed E-state index contributed by atoms with van der Waals surface area (Å²) in [7, 11) is 1.72. The van der Waals surface area contributed by atoms with Crippen LogP contribution >= 0.6 is 0 Å². The highest BCUT2D eigenvalue weighted by molar-refractivity contribution is 5.72. The van der Waals surface area contributed by atoms with Crippen molar-refractivity contribution in [2.24, 2.45) is 0 Å². The molecule has 2 nitrogen and oxygen atoms in total. The quantitative estimate of drug-likeness (QED) is 0.362. The van der Waals surface area contributed by atoms with Crippen LogP contribution in [0.5, 0.6) is 0 Å². The number of likely N-dealkylation sites (N-methyl/N-ethyl adjacent to an activating group) is 1. The fourth-order valence-electron chi connectivity index (χ4n) is 0.438. The van der Waals surface area contributed by atoms with E-state index < -0.39 is 0 Å². The summed E-state index contributed by atoms with van der Waals surface area (Å²) in [6, 6.07) is 0. The molecule has 0 heterocycles. The monoisotopic (exact) mass is 139 g/mol. The minimum atomic E-state index is 0.598. The molecule has 0 atom stereocenters. The van der Waals surface area contributed by atoms with E-state index in [1.807, 2.05) is 19.9 Å². The minimum Gasteiger partial charge on any atom is -0.385 e. The topological polar surface area (TPSA) is 29.1 Å². The molecule has 0 fully saturated rings. The third kappa shape index (κ3) is 3.89. The van der Waals surface area contributed by atoms with Crippen LogP contribution in [0, 0.1) is 0 Å². The van der Waals surface area contributed by atoms with Crippen molar-refractivity contribution in [3.8, 4) is 0 Å². The van der Waals surface area contributed by atoms with Gasteiger partial charge in [0.1, 0.15) is 0 Å². The second-order valence-corrected chi connectivity index (χ2v) is 2.23. The van der Waals surface area contributed by atoms with Crippen LogP contribution in [0.4, 0.5) is 0 Å². The predicted octanol–water partition coefficient (Wildman–Crippen LogP) is 1.25. The lowest BCUT2D eigenvalue weighted by Crippen LogP contribution is -2.05. The summed E-state index contributed by atoms with van der Waals surface area (Å²) in [4.78, 5) is 10.2. The van der Waals surface area contributed by atoms with Gasteiger partial charge >= 0.3 is 0 Å². The van der Waals surface area contributed by atoms with Gasteiger partial charge in [-0.3, -0.25) is 4.79 Å². The van der Waals surface area contributed by atoms with E-state index in [9.17, 15) is 4.79 Å². The van der Waals surface area contributed by atoms with Crippen molar-refractivity contribution >= 4 is 6.29 Å². The molecule has 0 rings (SSSR count). The molecule has 0 radical (unpaired) electrons. The molecule has 0 saturated carbocycles. The van der Waals surface area contributed by atoms with Crippen molar-refractivity contribution in [2.75, 3.05) is 7.05 Å². The van der Waals surface area contributed by atoms with Crippen LogP contribution in [0.25, 0.3) is 0 Å². The average molecular weight is 139 g/mol. The van der Waals surface area contributed by atoms with E-state index in [2.05, 4.69) is 5.32 Å². The van der Waals surface area contributed by atoms with E-state index >= 15 is 0 Å². The lowest BCUT2D eigenvalue weighted by atomic mass is 10.3. The SMILES string of the molecule is CN/C(C=O)=C\C=C(C)C. The first-order valence-corrected chi connectivity index (χ1v) is 3.19. The van der Waals surface area contributed by atoms with Gasteiger partial charge in [-0.15, -0.1) is 0 Å². The van der Waals surface area contributed by atoms with Gasteiger partial charge in [-0.25, -0.2) is 0 Å². The lowest BCUT2D eigenvalue weighted by Gasteiger charge is -1.93. The first kappa shape index (κ1) is 8.95. The molecule has 2 heteroatoms. The van der Waals surface area contributed by atoms with Crippen LogP contribution in [0.3, 0.4) is 0 Å². The van der Waals surface area contributed by atoms with E-state index in [1.54, 1.807) is 13.1 Å². The molecular weight excluding hydrogens is 126 g/mol. The maximum Gasteiger partial charge on any atom is 0.165 e. The van der Waals surface area contributed by atoms with Crippen LogP contribution in [-0.2, 0) is 4.79 Å². The highest BCUT2D eigenvalue weighted by Gasteiger charge is 1.84. The zero-order valence-corrected chi connectivity index (χ0v) is 6.64. The van der Waals surface area contributed by atoms with E-state index in [1.165, 1.54) is 5.57 Å². The Kier molecular flexibility index (Phi) is 4.29. The summed E-state index contributed by atoms with van der Waals surface area (Å²) in [6.45, 7) is 3.96. The number of nitrogens with one attached hydrogen (secondary N) is 1. The fourth-order valence-corrected chi connectivity index (χ4v) is 0.438. The van der Waals surface area contributed by atoms with Crippen molar-refractivity contribution < 1.29 is 4.79 Å². The molecule has 0 aliphatic heterocycles. The molecule has 56 valence electrons. The number of carbonyl (C=O) groups is 1. The van der Waals surface area contributed by atoms with Gasteiger partial charge in [-0.05, 0) is 19.9 Å². The number of hydrogen-bond donors (Lipinski definition) is 1. The largest absolute Gasteiger partial charge is 0.385 e. The molecule has 0 aliphatic carbocycles. The average Bonchev–Trinajstić information content (AvgIpc) is 1.90. The first-order valence-electron chi connectivity index (χ1n) is 3.19. The summed E-state index contributed by atoms with van der Waals surface area (Å²) in [5.41, 5.74) is 1.77. The van der Waals surface area contributed by atoms with Crippen molar-refractivity contribution in [1.82, 2.24) is 5.32 Å². The van der Waals surface area contributed by atoms with Gasteiger partial charge in [0.05, 0.1) is 5.70 Å². The van der Waals surface area contributed by atoms with E-state index in [4.69, 9.17) is 0 Å².